The fourth-order valence-corrected chi connectivity index (χ4v) is 3.66. The third-order valence-corrected chi connectivity index (χ3v) is 4.97. The van der Waals surface area contributed by atoms with E-state index in [1.807, 2.05) is 6.07 Å². The van der Waals surface area contributed by atoms with Crippen molar-refractivity contribution in [2.75, 3.05) is 6.54 Å². The Kier molecular flexibility index (Phi) is 3.61. The summed E-state index contributed by atoms with van der Waals surface area (Å²) in [4.78, 5) is 15.2. The van der Waals surface area contributed by atoms with Crippen LogP contribution in [0.15, 0.2) is 40.6 Å². The molecule has 1 amide bonds. The minimum absolute atomic E-state index is 0.0889. The molecular weight excluding hydrogens is 290 g/mol. The second-order valence-electron chi connectivity index (χ2n) is 6.56. The predicted molar refractivity (Wildman–Crippen MR) is 86.2 cm³/mol. The number of hydrazine groups is 1. The number of benzene rings is 1. The highest BCUT2D eigenvalue weighted by molar-refractivity contribution is 5.95. The van der Waals surface area contributed by atoms with Gasteiger partial charge in [-0.3, -0.25) is 4.79 Å². The Bertz CT molecular complexity index is 679. The van der Waals surface area contributed by atoms with Crippen molar-refractivity contribution in [3.8, 4) is 0 Å². The predicted octanol–water partition coefficient (Wildman–Crippen LogP) is 2.87. The van der Waals surface area contributed by atoms with Crippen LogP contribution >= 0.6 is 0 Å². The zero-order chi connectivity index (χ0) is 15.8. The van der Waals surface area contributed by atoms with Crippen molar-refractivity contribution >= 4 is 11.6 Å². The van der Waals surface area contributed by atoms with Crippen LogP contribution < -0.4 is 10.9 Å². The van der Waals surface area contributed by atoms with Crippen molar-refractivity contribution in [1.29, 1.82) is 5.53 Å². The number of hydrogen-bond acceptors (Lipinski definition) is 5. The summed E-state index contributed by atoms with van der Waals surface area (Å²) >= 11 is 0. The largest absolute Gasteiger partial charge is 0.332 e. The van der Waals surface area contributed by atoms with E-state index < -0.39 is 0 Å². The average Bonchev–Trinajstić information content (AvgIpc) is 3.31. The molecule has 1 aromatic rings. The highest BCUT2D eigenvalue weighted by Gasteiger charge is 2.39. The molecule has 120 valence electrons. The van der Waals surface area contributed by atoms with Gasteiger partial charge in [-0.2, -0.15) is 5.11 Å². The first-order valence-corrected chi connectivity index (χ1v) is 8.26. The first-order valence-electron chi connectivity index (χ1n) is 8.26. The third kappa shape index (κ3) is 2.74. The minimum atomic E-state index is 0.0889. The van der Waals surface area contributed by atoms with Gasteiger partial charge in [-0.15, -0.1) is 0 Å². The molecule has 1 atom stereocenters. The lowest BCUT2D eigenvalue weighted by Gasteiger charge is -2.35. The van der Waals surface area contributed by atoms with Crippen LogP contribution in [0.2, 0.25) is 0 Å². The molecular formula is C17H21N5O. The molecule has 1 aromatic carbocycles. The Balaban J connectivity index is 1.58. The number of nitrogens with one attached hydrogen (secondary N) is 3. The molecule has 0 spiro atoms. The summed E-state index contributed by atoms with van der Waals surface area (Å²) < 4.78 is 0. The molecule has 3 N–H and O–H groups in total. The summed E-state index contributed by atoms with van der Waals surface area (Å²) in [5.41, 5.74) is 17.5. The lowest BCUT2D eigenvalue weighted by molar-refractivity contribution is 0.0643. The van der Waals surface area contributed by atoms with E-state index in [0.29, 0.717) is 17.3 Å². The molecule has 6 heteroatoms. The van der Waals surface area contributed by atoms with Gasteiger partial charge < -0.3 is 10.3 Å². The van der Waals surface area contributed by atoms with Crippen molar-refractivity contribution in [1.82, 2.24) is 15.8 Å². The van der Waals surface area contributed by atoms with Gasteiger partial charge in [0.2, 0.25) is 0 Å². The lowest BCUT2D eigenvalue weighted by Crippen LogP contribution is -2.43. The van der Waals surface area contributed by atoms with E-state index in [1.54, 1.807) is 18.2 Å². The highest BCUT2D eigenvalue weighted by atomic mass is 16.2. The molecule has 3 aliphatic rings. The summed E-state index contributed by atoms with van der Waals surface area (Å²) in [6, 6.07) is 7.77. The Morgan fingerprint density at radius 3 is 2.91 bits per heavy atom. The fourth-order valence-electron chi connectivity index (χ4n) is 3.66. The van der Waals surface area contributed by atoms with Gasteiger partial charge in [0.05, 0.1) is 5.69 Å². The molecule has 0 bridgehead atoms. The molecule has 0 aromatic heterocycles. The molecule has 2 aliphatic carbocycles. The molecule has 4 rings (SSSR count). The fraction of sp³-hybridized carbons (Fsp3) is 0.471. The molecule has 1 saturated carbocycles. The maximum atomic E-state index is 13.1. The van der Waals surface area contributed by atoms with Crippen molar-refractivity contribution in [2.24, 2.45) is 5.11 Å². The van der Waals surface area contributed by atoms with Gasteiger partial charge in [-0.1, -0.05) is 6.07 Å². The van der Waals surface area contributed by atoms with Gasteiger partial charge in [0.1, 0.15) is 0 Å². The summed E-state index contributed by atoms with van der Waals surface area (Å²) in [6.07, 6.45) is 5.18. The molecule has 1 unspecified atom stereocenters. The third-order valence-electron chi connectivity index (χ3n) is 4.97. The number of carbonyl (C=O) groups is 1. The van der Waals surface area contributed by atoms with Gasteiger partial charge >= 0.3 is 0 Å². The van der Waals surface area contributed by atoms with Crippen LogP contribution in [-0.2, 0) is 0 Å². The summed E-state index contributed by atoms with van der Waals surface area (Å²) in [6.45, 7) is 0.881. The van der Waals surface area contributed by atoms with Crippen LogP contribution in [0.4, 0.5) is 5.69 Å². The van der Waals surface area contributed by atoms with Crippen LogP contribution in [0.5, 0.6) is 0 Å². The van der Waals surface area contributed by atoms with Gasteiger partial charge in [0.15, 0.2) is 0 Å². The van der Waals surface area contributed by atoms with Crippen molar-refractivity contribution in [3.05, 3.63) is 41.1 Å². The Labute approximate surface area is 135 Å². The Morgan fingerprint density at radius 1 is 1.26 bits per heavy atom. The highest BCUT2D eigenvalue weighted by Crippen LogP contribution is 2.37. The molecule has 23 heavy (non-hydrogen) atoms. The first kappa shape index (κ1) is 14.4. The van der Waals surface area contributed by atoms with Gasteiger partial charge in [-0.25, -0.2) is 11.0 Å². The first-order chi connectivity index (χ1) is 11.3. The van der Waals surface area contributed by atoms with E-state index in [9.17, 15) is 4.79 Å². The SMILES string of the molecule is N=Nc1cccc(C(=O)N(C2CC2)C2CCC3=C(CNN3)C2)c1. The number of carbonyl (C=O) groups excluding carboxylic acids is 1. The van der Waals surface area contributed by atoms with Gasteiger partial charge in [0, 0.05) is 29.9 Å². The molecule has 1 fully saturated rings. The second kappa shape index (κ2) is 5.77. The van der Waals surface area contributed by atoms with Crippen LogP contribution in [-0.4, -0.2) is 29.4 Å². The zero-order valence-corrected chi connectivity index (χ0v) is 13.0. The van der Waals surface area contributed by atoms with E-state index in [4.69, 9.17) is 5.53 Å². The number of allylic oxidation sites excluding steroid dienone is 1. The zero-order valence-electron chi connectivity index (χ0n) is 13.0. The Hall–Kier alpha value is -2.21. The number of nitrogens with zero attached hydrogens (tertiary/aromatic N) is 2. The summed E-state index contributed by atoms with van der Waals surface area (Å²) in [7, 11) is 0. The van der Waals surface area contributed by atoms with Crippen LogP contribution in [0.25, 0.3) is 0 Å². The molecule has 0 saturated heterocycles. The molecule has 0 radical (unpaired) electrons. The maximum Gasteiger partial charge on any atom is 0.254 e. The maximum absolute atomic E-state index is 13.1. The topological polar surface area (TPSA) is 80.6 Å². The number of amides is 1. The van der Waals surface area contributed by atoms with Crippen molar-refractivity contribution < 1.29 is 4.79 Å². The smallest absolute Gasteiger partial charge is 0.254 e. The minimum Gasteiger partial charge on any atom is -0.332 e. The van der Waals surface area contributed by atoms with Crippen LogP contribution in [0.3, 0.4) is 0 Å². The monoisotopic (exact) mass is 311 g/mol. The van der Waals surface area contributed by atoms with E-state index in [1.165, 1.54) is 11.3 Å². The van der Waals surface area contributed by atoms with Crippen molar-refractivity contribution in [3.63, 3.8) is 0 Å². The lowest BCUT2D eigenvalue weighted by atomic mass is 9.91. The number of hydrogen-bond donors (Lipinski definition) is 3. The molecule has 1 aliphatic heterocycles. The second-order valence-corrected chi connectivity index (χ2v) is 6.56. The quantitative estimate of drug-likeness (QED) is 0.748. The van der Waals surface area contributed by atoms with Crippen molar-refractivity contribution in [2.45, 2.75) is 44.2 Å². The van der Waals surface area contributed by atoms with E-state index >= 15 is 0 Å². The standard InChI is InChI=1S/C17H21N5O/c18-20-13-3-1-2-11(8-13)17(23)22(14-4-5-14)15-6-7-16-12(9-15)10-19-21-16/h1-3,8,14-15,18-19,21H,4-7,9-10H2. The van der Waals surface area contributed by atoms with Crippen LogP contribution in [0.1, 0.15) is 42.5 Å². The normalized spacial score (nSPS) is 23.2. The van der Waals surface area contributed by atoms with E-state index in [0.717, 1.165) is 38.6 Å². The van der Waals surface area contributed by atoms with Gasteiger partial charge in [0.25, 0.3) is 5.91 Å². The van der Waals surface area contributed by atoms with Crippen LogP contribution in [0, 0.1) is 5.53 Å². The summed E-state index contributed by atoms with van der Waals surface area (Å²) in [5.74, 6) is 0.0889. The number of rotatable bonds is 4. The van der Waals surface area contributed by atoms with E-state index in [2.05, 4.69) is 20.9 Å². The summed E-state index contributed by atoms with van der Waals surface area (Å²) in [5, 5.41) is 3.44. The average molecular weight is 311 g/mol. The van der Waals surface area contributed by atoms with Gasteiger partial charge in [-0.05, 0) is 55.9 Å². The molecule has 6 nitrogen and oxygen atoms in total. The van der Waals surface area contributed by atoms with E-state index in [-0.39, 0.29) is 11.9 Å². The Morgan fingerprint density at radius 2 is 2.13 bits per heavy atom. The molecule has 1 heterocycles.